The summed E-state index contributed by atoms with van der Waals surface area (Å²) in [7, 11) is 0. The number of halogens is 1. The van der Waals surface area contributed by atoms with E-state index in [0.717, 1.165) is 29.8 Å². The first-order valence-electron chi connectivity index (χ1n) is 8.03. The van der Waals surface area contributed by atoms with Gasteiger partial charge >= 0.3 is 0 Å². The largest absolute Gasteiger partial charge is 0.461 e. The SMILES string of the molecule is CC(C)CNCC1CCCC1c1cc2cc(F)ccc2o1. The van der Waals surface area contributed by atoms with E-state index in [1.807, 2.05) is 6.07 Å². The van der Waals surface area contributed by atoms with Crippen molar-refractivity contribution < 1.29 is 8.81 Å². The van der Waals surface area contributed by atoms with E-state index < -0.39 is 0 Å². The lowest BCUT2D eigenvalue weighted by atomic mass is 9.93. The monoisotopic (exact) mass is 289 g/mol. The number of nitrogens with one attached hydrogen (secondary N) is 1. The Morgan fingerprint density at radius 1 is 1.29 bits per heavy atom. The standard InChI is InChI=1S/C18H24FNO/c1-12(2)10-20-11-13-4-3-5-16(13)18-9-14-8-15(19)6-7-17(14)21-18/h6-9,12-13,16,20H,3-5,10-11H2,1-2H3. The fourth-order valence-electron chi connectivity index (χ4n) is 3.43. The van der Waals surface area contributed by atoms with Gasteiger partial charge in [0.2, 0.25) is 0 Å². The molecule has 114 valence electrons. The van der Waals surface area contributed by atoms with E-state index in [-0.39, 0.29) is 5.82 Å². The lowest BCUT2D eigenvalue weighted by Crippen LogP contribution is -2.27. The summed E-state index contributed by atoms with van der Waals surface area (Å²) in [6, 6.07) is 6.79. The molecule has 1 saturated carbocycles. The van der Waals surface area contributed by atoms with Gasteiger partial charge in [0.25, 0.3) is 0 Å². The van der Waals surface area contributed by atoms with Gasteiger partial charge < -0.3 is 9.73 Å². The summed E-state index contributed by atoms with van der Waals surface area (Å²) in [4.78, 5) is 0. The smallest absolute Gasteiger partial charge is 0.134 e. The molecule has 1 aliphatic rings. The van der Waals surface area contributed by atoms with Crippen LogP contribution in [0.15, 0.2) is 28.7 Å². The number of fused-ring (bicyclic) bond motifs is 1. The predicted molar refractivity (Wildman–Crippen MR) is 84.0 cm³/mol. The molecule has 0 bridgehead atoms. The molecular weight excluding hydrogens is 265 g/mol. The Morgan fingerprint density at radius 3 is 2.95 bits per heavy atom. The molecule has 3 rings (SSSR count). The predicted octanol–water partition coefficient (Wildman–Crippen LogP) is 4.70. The molecule has 3 heteroatoms. The van der Waals surface area contributed by atoms with E-state index in [1.54, 1.807) is 12.1 Å². The zero-order valence-electron chi connectivity index (χ0n) is 12.9. The van der Waals surface area contributed by atoms with Crippen LogP contribution in [-0.2, 0) is 0 Å². The molecule has 1 heterocycles. The highest BCUT2D eigenvalue weighted by atomic mass is 19.1. The molecule has 0 amide bonds. The summed E-state index contributed by atoms with van der Waals surface area (Å²) in [5.74, 6) is 2.62. The maximum absolute atomic E-state index is 13.3. The molecule has 0 spiro atoms. The summed E-state index contributed by atoms with van der Waals surface area (Å²) in [6.45, 7) is 6.57. The van der Waals surface area contributed by atoms with Gasteiger partial charge in [-0.25, -0.2) is 4.39 Å². The Hall–Kier alpha value is -1.35. The Balaban J connectivity index is 1.73. The lowest BCUT2D eigenvalue weighted by molar-refractivity contribution is 0.382. The highest BCUT2D eigenvalue weighted by Gasteiger charge is 2.30. The first-order chi connectivity index (χ1) is 10.1. The summed E-state index contributed by atoms with van der Waals surface area (Å²) in [5, 5.41) is 4.45. The summed E-state index contributed by atoms with van der Waals surface area (Å²) >= 11 is 0. The van der Waals surface area contributed by atoms with Gasteiger partial charge in [-0.05, 0) is 62.0 Å². The highest BCUT2D eigenvalue weighted by Crippen LogP contribution is 2.41. The van der Waals surface area contributed by atoms with Crippen LogP contribution in [0.2, 0.25) is 0 Å². The van der Waals surface area contributed by atoms with Gasteiger partial charge in [0, 0.05) is 11.3 Å². The average Bonchev–Trinajstić information content (AvgIpc) is 3.03. The van der Waals surface area contributed by atoms with Crippen molar-refractivity contribution in [2.45, 2.75) is 39.0 Å². The van der Waals surface area contributed by atoms with Crippen LogP contribution in [0.5, 0.6) is 0 Å². The average molecular weight is 289 g/mol. The van der Waals surface area contributed by atoms with E-state index in [9.17, 15) is 4.39 Å². The first kappa shape index (κ1) is 14.6. The van der Waals surface area contributed by atoms with E-state index in [4.69, 9.17) is 4.42 Å². The van der Waals surface area contributed by atoms with Crippen LogP contribution in [0, 0.1) is 17.7 Å². The Bertz CT molecular complexity index is 604. The Kier molecular flexibility index (Phi) is 4.29. The quantitative estimate of drug-likeness (QED) is 0.863. The van der Waals surface area contributed by atoms with E-state index in [1.165, 1.54) is 25.3 Å². The summed E-state index contributed by atoms with van der Waals surface area (Å²) in [5.41, 5.74) is 0.798. The zero-order chi connectivity index (χ0) is 14.8. The van der Waals surface area contributed by atoms with Crippen molar-refractivity contribution in [1.29, 1.82) is 0 Å². The fourth-order valence-corrected chi connectivity index (χ4v) is 3.43. The van der Waals surface area contributed by atoms with Crippen LogP contribution in [-0.4, -0.2) is 13.1 Å². The van der Waals surface area contributed by atoms with Crippen molar-refractivity contribution in [3.8, 4) is 0 Å². The van der Waals surface area contributed by atoms with Crippen LogP contribution in [0.1, 0.15) is 44.8 Å². The van der Waals surface area contributed by atoms with Crippen molar-refractivity contribution in [2.24, 2.45) is 11.8 Å². The van der Waals surface area contributed by atoms with E-state index >= 15 is 0 Å². The number of rotatable bonds is 5. The van der Waals surface area contributed by atoms with Crippen molar-refractivity contribution in [3.05, 3.63) is 35.8 Å². The minimum Gasteiger partial charge on any atom is -0.461 e. The third-order valence-corrected chi connectivity index (χ3v) is 4.48. The van der Waals surface area contributed by atoms with E-state index in [0.29, 0.717) is 17.8 Å². The molecule has 1 aromatic heterocycles. The molecule has 2 atom stereocenters. The van der Waals surface area contributed by atoms with Crippen molar-refractivity contribution in [2.75, 3.05) is 13.1 Å². The highest BCUT2D eigenvalue weighted by molar-refractivity contribution is 5.78. The molecule has 1 aromatic carbocycles. The topological polar surface area (TPSA) is 25.2 Å². The normalized spacial score (nSPS) is 22.5. The molecule has 2 unspecified atom stereocenters. The second-order valence-corrected chi connectivity index (χ2v) is 6.68. The van der Waals surface area contributed by atoms with Gasteiger partial charge in [-0.2, -0.15) is 0 Å². The maximum Gasteiger partial charge on any atom is 0.134 e. The van der Waals surface area contributed by atoms with E-state index in [2.05, 4.69) is 19.2 Å². The number of benzene rings is 1. The minimum absolute atomic E-state index is 0.198. The number of hydrogen-bond acceptors (Lipinski definition) is 2. The van der Waals surface area contributed by atoms with Gasteiger partial charge in [-0.15, -0.1) is 0 Å². The molecule has 0 saturated heterocycles. The van der Waals surface area contributed by atoms with Gasteiger partial charge in [-0.1, -0.05) is 20.3 Å². The molecule has 1 N–H and O–H groups in total. The fraction of sp³-hybridized carbons (Fsp3) is 0.556. The van der Waals surface area contributed by atoms with Gasteiger partial charge in [0.1, 0.15) is 17.2 Å². The first-order valence-corrected chi connectivity index (χ1v) is 8.03. The maximum atomic E-state index is 13.3. The van der Waals surface area contributed by atoms with Gasteiger partial charge in [-0.3, -0.25) is 0 Å². The second kappa shape index (κ2) is 6.18. The Labute approximate surface area is 125 Å². The van der Waals surface area contributed by atoms with Gasteiger partial charge in [0.05, 0.1) is 0 Å². The zero-order valence-corrected chi connectivity index (χ0v) is 12.9. The van der Waals surface area contributed by atoms with Crippen molar-refractivity contribution >= 4 is 11.0 Å². The van der Waals surface area contributed by atoms with Crippen molar-refractivity contribution in [3.63, 3.8) is 0 Å². The van der Waals surface area contributed by atoms with Crippen LogP contribution in [0.4, 0.5) is 4.39 Å². The molecule has 21 heavy (non-hydrogen) atoms. The lowest BCUT2D eigenvalue weighted by Gasteiger charge is -2.19. The molecule has 2 aromatic rings. The molecule has 2 nitrogen and oxygen atoms in total. The summed E-state index contributed by atoms with van der Waals surface area (Å²) < 4.78 is 19.3. The molecule has 0 aliphatic heterocycles. The second-order valence-electron chi connectivity index (χ2n) is 6.68. The molecule has 1 aliphatic carbocycles. The number of furan rings is 1. The molecular formula is C18H24FNO. The minimum atomic E-state index is -0.198. The third-order valence-electron chi connectivity index (χ3n) is 4.48. The third kappa shape index (κ3) is 3.29. The Morgan fingerprint density at radius 2 is 2.14 bits per heavy atom. The summed E-state index contributed by atoms with van der Waals surface area (Å²) in [6.07, 6.45) is 3.68. The van der Waals surface area contributed by atoms with Crippen LogP contribution in [0.25, 0.3) is 11.0 Å². The number of hydrogen-bond donors (Lipinski definition) is 1. The van der Waals surface area contributed by atoms with Crippen molar-refractivity contribution in [1.82, 2.24) is 5.32 Å². The van der Waals surface area contributed by atoms with Crippen LogP contribution < -0.4 is 5.32 Å². The van der Waals surface area contributed by atoms with Crippen LogP contribution >= 0.6 is 0 Å². The molecule has 1 fully saturated rings. The van der Waals surface area contributed by atoms with Crippen LogP contribution in [0.3, 0.4) is 0 Å². The molecule has 0 radical (unpaired) electrons. The van der Waals surface area contributed by atoms with Gasteiger partial charge in [0.15, 0.2) is 0 Å².